The molecular weight excluding hydrogens is 231 g/mol. The summed E-state index contributed by atoms with van der Waals surface area (Å²) in [6.07, 6.45) is 5.15. The average molecular weight is 242 g/mol. The first-order valence-corrected chi connectivity index (χ1v) is 3.04. The van der Waals surface area contributed by atoms with Gasteiger partial charge in [-0.05, 0) is 6.92 Å². The molecule has 0 saturated heterocycles. The van der Waals surface area contributed by atoms with Gasteiger partial charge in [0.2, 0.25) is 0 Å². The predicted octanol–water partition coefficient (Wildman–Crippen LogP) is 1.48. The van der Waals surface area contributed by atoms with E-state index < -0.39 is 0 Å². The van der Waals surface area contributed by atoms with Crippen LogP contribution in [0.15, 0.2) is 18.7 Å². The maximum atomic E-state index is 10.6. The SMILES string of the molecule is C=CC(C)OC(=O)C=[C-]C.[Rh]. The van der Waals surface area contributed by atoms with Crippen molar-refractivity contribution in [3.8, 4) is 0 Å². The average Bonchev–Trinajstić information content (AvgIpc) is 1.88. The van der Waals surface area contributed by atoms with Crippen LogP contribution in [0.2, 0.25) is 0 Å². The molecule has 0 N–H and O–H groups in total. The largest absolute Gasteiger partial charge is 0.542 e. The molecule has 2 nitrogen and oxygen atoms in total. The summed E-state index contributed by atoms with van der Waals surface area (Å²) in [5.74, 6) is -0.380. The van der Waals surface area contributed by atoms with Crippen LogP contribution in [0.3, 0.4) is 0 Å². The number of rotatable bonds is 3. The Kier molecular flexibility index (Phi) is 9.20. The van der Waals surface area contributed by atoms with Crippen molar-refractivity contribution in [2.24, 2.45) is 0 Å². The number of ether oxygens (including phenoxy) is 1. The van der Waals surface area contributed by atoms with Crippen molar-refractivity contribution < 1.29 is 29.0 Å². The van der Waals surface area contributed by atoms with Crippen molar-refractivity contribution in [2.75, 3.05) is 0 Å². The molecule has 3 heteroatoms. The van der Waals surface area contributed by atoms with Crippen LogP contribution in [0.25, 0.3) is 0 Å². The summed E-state index contributed by atoms with van der Waals surface area (Å²) in [4.78, 5) is 10.6. The maximum absolute atomic E-state index is 10.6. The normalized spacial score (nSPS) is 11.8. The molecule has 1 radical (unpaired) electrons. The van der Waals surface area contributed by atoms with Crippen LogP contribution in [0.4, 0.5) is 0 Å². The molecule has 0 aromatic carbocycles. The third-order valence-corrected chi connectivity index (χ3v) is 0.896. The molecular formula is C8H11O2Rh-. The summed E-state index contributed by atoms with van der Waals surface area (Å²) in [5, 5.41) is 0. The minimum absolute atomic E-state index is 0. The molecule has 0 fully saturated rings. The number of carbonyl (C=O) groups excluding carboxylic acids is 1. The first-order valence-electron chi connectivity index (χ1n) is 3.04. The number of carbonyl (C=O) groups is 1. The van der Waals surface area contributed by atoms with Gasteiger partial charge in [0, 0.05) is 19.5 Å². The van der Waals surface area contributed by atoms with E-state index in [9.17, 15) is 4.79 Å². The van der Waals surface area contributed by atoms with Gasteiger partial charge >= 0.3 is 0 Å². The molecule has 0 rings (SSSR count). The monoisotopic (exact) mass is 242 g/mol. The zero-order valence-corrected chi connectivity index (χ0v) is 8.23. The Hall–Kier alpha value is -0.427. The summed E-state index contributed by atoms with van der Waals surface area (Å²) in [6, 6.07) is 0. The molecule has 11 heavy (non-hydrogen) atoms. The second kappa shape index (κ2) is 7.68. The first kappa shape index (κ1) is 13.2. The molecule has 0 aromatic heterocycles. The van der Waals surface area contributed by atoms with E-state index in [0.717, 1.165) is 0 Å². The number of hydrogen-bond acceptors (Lipinski definition) is 2. The molecule has 0 aromatic rings. The van der Waals surface area contributed by atoms with Gasteiger partial charge in [-0.3, -0.25) is 6.08 Å². The Labute approximate surface area is 80.1 Å². The smallest absolute Gasteiger partial charge is 0.168 e. The van der Waals surface area contributed by atoms with Crippen molar-refractivity contribution in [2.45, 2.75) is 20.0 Å². The summed E-state index contributed by atoms with van der Waals surface area (Å²) in [5.41, 5.74) is 0. The van der Waals surface area contributed by atoms with Gasteiger partial charge in [0.25, 0.3) is 0 Å². The van der Waals surface area contributed by atoms with E-state index in [1.807, 2.05) is 0 Å². The van der Waals surface area contributed by atoms with Gasteiger partial charge in [0.05, 0.1) is 6.10 Å². The van der Waals surface area contributed by atoms with Crippen LogP contribution in [-0.2, 0) is 29.0 Å². The Bertz CT molecular complexity index is 152. The van der Waals surface area contributed by atoms with E-state index in [0.29, 0.717) is 0 Å². The van der Waals surface area contributed by atoms with Crippen LogP contribution >= 0.6 is 0 Å². The predicted molar refractivity (Wildman–Crippen MR) is 39.2 cm³/mol. The standard InChI is InChI=1S/C8H11O2.Rh/c1-4-6-8(9)10-7(3)5-2;/h5-7H,2H2,1,3H3;/q-1;. The Balaban J connectivity index is 0. The van der Waals surface area contributed by atoms with E-state index in [1.165, 1.54) is 6.08 Å². The van der Waals surface area contributed by atoms with E-state index >= 15 is 0 Å². The first-order chi connectivity index (χ1) is 4.70. The summed E-state index contributed by atoms with van der Waals surface area (Å²) < 4.78 is 4.76. The topological polar surface area (TPSA) is 26.3 Å². The third kappa shape index (κ3) is 7.47. The summed E-state index contributed by atoms with van der Waals surface area (Å²) >= 11 is 0. The Morgan fingerprint density at radius 3 is 2.64 bits per heavy atom. The molecule has 0 saturated carbocycles. The fourth-order valence-electron chi connectivity index (χ4n) is 0.383. The fraction of sp³-hybridized carbons (Fsp3) is 0.375. The molecule has 0 spiro atoms. The van der Waals surface area contributed by atoms with E-state index in [2.05, 4.69) is 12.7 Å². The van der Waals surface area contributed by atoms with Gasteiger partial charge in [0.15, 0.2) is 5.97 Å². The van der Waals surface area contributed by atoms with Gasteiger partial charge < -0.3 is 9.53 Å². The van der Waals surface area contributed by atoms with E-state index in [4.69, 9.17) is 4.74 Å². The molecule has 1 atom stereocenters. The molecule has 0 aliphatic heterocycles. The van der Waals surface area contributed by atoms with Crippen LogP contribution in [0.1, 0.15) is 13.8 Å². The number of esters is 1. The van der Waals surface area contributed by atoms with Gasteiger partial charge in [-0.25, -0.2) is 0 Å². The van der Waals surface area contributed by atoms with Crippen molar-refractivity contribution >= 4 is 5.97 Å². The van der Waals surface area contributed by atoms with Crippen molar-refractivity contribution in [3.05, 3.63) is 24.8 Å². The van der Waals surface area contributed by atoms with Gasteiger partial charge in [-0.1, -0.05) is 12.7 Å². The quantitative estimate of drug-likeness (QED) is 0.246. The van der Waals surface area contributed by atoms with Crippen LogP contribution in [0, 0.1) is 6.08 Å². The van der Waals surface area contributed by atoms with E-state index in [-0.39, 0.29) is 31.6 Å². The van der Waals surface area contributed by atoms with Crippen molar-refractivity contribution in [3.63, 3.8) is 0 Å². The number of hydrogen-bond donors (Lipinski definition) is 0. The summed E-state index contributed by atoms with van der Waals surface area (Å²) in [6.45, 7) is 6.85. The zero-order valence-electron chi connectivity index (χ0n) is 6.59. The molecule has 65 valence electrons. The van der Waals surface area contributed by atoms with Crippen LogP contribution < -0.4 is 0 Å². The molecule has 0 aliphatic carbocycles. The van der Waals surface area contributed by atoms with Crippen molar-refractivity contribution in [1.82, 2.24) is 0 Å². The minimum atomic E-state index is -0.380. The second-order valence-corrected chi connectivity index (χ2v) is 1.81. The van der Waals surface area contributed by atoms with Crippen LogP contribution in [-0.4, -0.2) is 12.1 Å². The number of allylic oxidation sites excluding steroid dienone is 1. The minimum Gasteiger partial charge on any atom is -0.542 e. The third-order valence-electron chi connectivity index (χ3n) is 0.896. The molecule has 0 aliphatic rings. The Morgan fingerprint density at radius 1 is 1.73 bits per heavy atom. The van der Waals surface area contributed by atoms with Gasteiger partial charge in [-0.15, -0.1) is 6.92 Å². The Morgan fingerprint density at radius 2 is 2.27 bits per heavy atom. The second-order valence-electron chi connectivity index (χ2n) is 1.81. The van der Waals surface area contributed by atoms with Gasteiger partial charge in [-0.2, -0.15) is 6.08 Å². The molecule has 0 heterocycles. The van der Waals surface area contributed by atoms with Crippen molar-refractivity contribution in [1.29, 1.82) is 0 Å². The van der Waals surface area contributed by atoms with E-state index in [1.54, 1.807) is 19.9 Å². The maximum Gasteiger partial charge on any atom is 0.168 e. The molecule has 0 amide bonds. The fourth-order valence-corrected chi connectivity index (χ4v) is 0.383. The van der Waals surface area contributed by atoms with Gasteiger partial charge in [0.1, 0.15) is 0 Å². The summed E-state index contributed by atoms with van der Waals surface area (Å²) in [7, 11) is 0. The molecule has 1 unspecified atom stereocenters. The molecule has 0 bridgehead atoms. The van der Waals surface area contributed by atoms with Crippen LogP contribution in [0.5, 0.6) is 0 Å². The zero-order chi connectivity index (χ0) is 7.98.